The van der Waals surface area contributed by atoms with Crippen molar-refractivity contribution in [1.82, 2.24) is 10.3 Å². The summed E-state index contributed by atoms with van der Waals surface area (Å²) < 4.78 is 13.7. The van der Waals surface area contributed by atoms with Gasteiger partial charge in [0.15, 0.2) is 0 Å². The number of carbonyl (C=O) groups is 1. The first-order valence-corrected chi connectivity index (χ1v) is 10.3. The monoisotopic (exact) mass is 391 g/mol. The van der Waals surface area contributed by atoms with E-state index in [1.165, 1.54) is 5.57 Å². The van der Waals surface area contributed by atoms with Crippen LogP contribution in [-0.2, 0) is 11.2 Å². The Balaban J connectivity index is 1.99. The molecule has 1 amide bonds. The average Bonchev–Trinajstić information content (AvgIpc) is 3.42. The van der Waals surface area contributed by atoms with E-state index in [0.717, 1.165) is 65.4 Å². The van der Waals surface area contributed by atoms with Gasteiger partial charge in [-0.25, -0.2) is 4.98 Å². The number of aromatic nitrogens is 1. The zero-order valence-corrected chi connectivity index (χ0v) is 17.0. The van der Waals surface area contributed by atoms with E-state index in [1.807, 2.05) is 6.92 Å². The van der Waals surface area contributed by atoms with Crippen molar-refractivity contribution in [3.05, 3.63) is 34.0 Å². The van der Waals surface area contributed by atoms with Crippen molar-refractivity contribution < 1.29 is 8.68 Å². The van der Waals surface area contributed by atoms with Crippen LogP contribution < -0.4 is 16.4 Å². The molecule has 0 saturated heterocycles. The van der Waals surface area contributed by atoms with E-state index in [2.05, 4.69) is 26.5 Å². The third-order valence-electron chi connectivity index (χ3n) is 6.15. The number of nitrogens with one attached hydrogen (secondary N) is 1. The highest BCUT2D eigenvalue weighted by Gasteiger charge is 2.49. The molecule has 0 radical (unpaired) electrons. The SMILES string of the molecule is CC1=C(C2=C(C(C)SF)c3c(cnc(N)c3P)CC2)C(=O)NCC12CC2. The number of hydrogen-bond donors (Lipinski definition) is 2. The number of nitrogen functional groups attached to an aromatic ring is 1. The lowest BCUT2D eigenvalue weighted by molar-refractivity contribution is -0.118. The molecule has 1 spiro atoms. The van der Waals surface area contributed by atoms with E-state index in [9.17, 15) is 8.68 Å². The van der Waals surface area contributed by atoms with Crippen molar-refractivity contribution in [2.45, 2.75) is 44.8 Å². The third kappa shape index (κ3) is 2.61. The van der Waals surface area contributed by atoms with Crippen LogP contribution in [0.4, 0.5) is 9.70 Å². The van der Waals surface area contributed by atoms with Gasteiger partial charge in [0.1, 0.15) is 5.82 Å². The Hall–Kier alpha value is -1.39. The summed E-state index contributed by atoms with van der Waals surface area (Å²) in [6.45, 7) is 4.65. The lowest BCUT2D eigenvalue weighted by Crippen LogP contribution is -2.39. The molecule has 2 heterocycles. The number of nitrogens with zero attached hydrogens (tertiary/aromatic N) is 1. The molecular weight excluding hydrogens is 368 g/mol. The summed E-state index contributed by atoms with van der Waals surface area (Å²) in [5.41, 5.74) is 12.0. The second kappa shape index (κ2) is 6.35. The Bertz CT molecular complexity index is 876. The van der Waals surface area contributed by atoms with Gasteiger partial charge in [0, 0.05) is 29.0 Å². The highest BCUT2D eigenvalue weighted by molar-refractivity contribution is 7.95. The summed E-state index contributed by atoms with van der Waals surface area (Å²) >= 11 is 0.313. The molecule has 4 rings (SSSR count). The first-order valence-electron chi connectivity index (χ1n) is 8.93. The molecule has 2 atom stereocenters. The standard InChI is InChI=1S/C19H23FN3OPS/c1-9-13(18(24)23-8-19(9)5-6-19)12-4-3-11-7-22-17(21)16(25)15(11)14(12)10(2)26-20/h7,10H,3-6,8,25H2,1-2H3,(H2,21,22)(H,23,24). The Labute approximate surface area is 159 Å². The molecule has 2 aliphatic carbocycles. The molecule has 3 aliphatic rings. The van der Waals surface area contributed by atoms with E-state index in [0.29, 0.717) is 18.0 Å². The first kappa shape index (κ1) is 18.0. The summed E-state index contributed by atoms with van der Waals surface area (Å²) in [5.74, 6) is 0.403. The maximum absolute atomic E-state index is 13.7. The summed E-state index contributed by atoms with van der Waals surface area (Å²) in [7, 11) is 2.65. The maximum Gasteiger partial charge on any atom is 0.251 e. The molecule has 0 bridgehead atoms. The van der Waals surface area contributed by atoms with Crippen LogP contribution in [0, 0.1) is 5.41 Å². The van der Waals surface area contributed by atoms with E-state index < -0.39 is 0 Å². The van der Waals surface area contributed by atoms with E-state index in [-0.39, 0.29) is 16.6 Å². The van der Waals surface area contributed by atoms with Gasteiger partial charge in [0.2, 0.25) is 0 Å². The van der Waals surface area contributed by atoms with Crippen molar-refractivity contribution in [1.29, 1.82) is 0 Å². The van der Waals surface area contributed by atoms with Crippen LogP contribution >= 0.6 is 21.4 Å². The lowest BCUT2D eigenvalue weighted by Gasteiger charge is -2.33. The third-order valence-corrected chi connectivity index (χ3v) is 7.23. The number of hydrogen-bond acceptors (Lipinski definition) is 4. The fourth-order valence-corrected chi connectivity index (χ4v) is 5.12. The van der Waals surface area contributed by atoms with Gasteiger partial charge in [-0.3, -0.25) is 4.79 Å². The Morgan fingerprint density at radius 2 is 2.15 bits per heavy atom. The topological polar surface area (TPSA) is 68.0 Å². The second-order valence-corrected chi connectivity index (χ2v) is 9.01. The van der Waals surface area contributed by atoms with Crippen LogP contribution in [0.25, 0.3) is 5.57 Å². The fraction of sp³-hybridized carbons (Fsp3) is 0.474. The number of nitrogens with two attached hydrogens (primary N) is 1. The van der Waals surface area contributed by atoms with Crippen LogP contribution in [0.15, 0.2) is 22.9 Å². The molecule has 4 nitrogen and oxygen atoms in total. The molecule has 3 N–H and O–H groups in total. The highest BCUT2D eigenvalue weighted by Crippen LogP contribution is 2.55. The van der Waals surface area contributed by atoms with E-state index >= 15 is 0 Å². The number of amides is 1. The molecule has 7 heteroatoms. The molecule has 1 saturated carbocycles. The molecular formula is C19H23FN3OPS. The lowest BCUT2D eigenvalue weighted by atomic mass is 9.77. The maximum atomic E-state index is 13.7. The van der Waals surface area contributed by atoms with Gasteiger partial charge in [-0.1, -0.05) is 5.57 Å². The van der Waals surface area contributed by atoms with Crippen molar-refractivity contribution in [2.75, 3.05) is 12.3 Å². The van der Waals surface area contributed by atoms with Gasteiger partial charge in [0.25, 0.3) is 5.91 Å². The Morgan fingerprint density at radius 1 is 1.42 bits per heavy atom. The van der Waals surface area contributed by atoms with Gasteiger partial charge >= 0.3 is 0 Å². The normalized spacial score (nSPS) is 22.4. The minimum Gasteiger partial charge on any atom is -0.383 e. The summed E-state index contributed by atoms with van der Waals surface area (Å²) in [6, 6.07) is 0. The van der Waals surface area contributed by atoms with Crippen LogP contribution in [0.2, 0.25) is 0 Å². The fourth-order valence-electron chi connectivity index (χ4n) is 4.36. The molecule has 1 aliphatic heterocycles. The van der Waals surface area contributed by atoms with Crippen LogP contribution in [0.3, 0.4) is 0 Å². The number of rotatable bonds is 3. The first-order chi connectivity index (χ1) is 12.4. The zero-order chi connectivity index (χ0) is 18.6. The number of halogens is 1. The Kier molecular flexibility index (Phi) is 4.39. The number of pyridine rings is 1. The summed E-state index contributed by atoms with van der Waals surface area (Å²) in [4.78, 5) is 17.0. The molecule has 1 fully saturated rings. The molecule has 1 aromatic heterocycles. The number of fused-ring (bicyclic) bond motifs is 1. The molecule has 138 valence electrons. The van der Waals surface area contributed by atoms with Gasteiger partial charge in [-0.05, 0) is 61.8 Å². The van der Waals surface area contributed by atoms with Crippen LogP contribution in [-0.4, -0.2) is 22.7 Å². The largest absolute Gasteiger partial charge is 0.383 e. The summed E-state index contributed by atoms with van der Waals surface area (Å²) in [5, 5.41) is 3.48. The minimum absolute atomic E-state index is 0.0284. The van der Waals surface area contributed by atoms with Crippen molar-refractivity contribution in [3.63, 3.8) is 0 Å². The number of anilines is 1. The summed E-state index contributed by atoms with van der Waals surface area (Å²) in [6.07, 6.45) is 5.51. The second-order valence-electron chi connectivity index (χ2n) is 7.54. The quantitative estimate of drug-likeness (QED) is 0.777. The smallest absolute Gasteiger partial charge is 0.251 e. The van der Waals surface area contributed by atoms with Crippen molar-refractivity contribution in [3.8, 4) is 0 Å². The number of carbonyl (C=O) groups excluding carboxylic acids is 1. The zero-order valence-electron chi connectivity index (χ0n) is 15.0. The van der Waals surface area contributed by atoms with Gasteiger partial charge in [0.05, 0.1) is 17.4 Å². The van der Waals surface area contributed by atoms with Crippen molar-refractivity contribution >= 4 is 44.0 Å². The predicted octanol–water partition coefficient (Wildman–Crippen LogP) is 3.10. The average molecular weight is 391 g/mol. The highest BCUT2D eigenvalue weighted by atomic mass is 32.2. The van der Waals surface area contributed by atoms with Gasteiger partial charge in [-0.15, -0.1) is 9.24 Å². The van der Waals surface area contributed by atoms with Crippen LogP contribution in [0.1, 0.15) is 44.2 Å². The van der Waals surface area contributed by atoms with Gasteiger partial charge in [-0.2, -0.15) is 3.89 Å². The predicted molar refractivity (Wildman–Crippen MR) is 109 cm³/mol. The van der Waals surface area contributed by atoms with Crippen LogP contribution in [0.5, 0.6) is 0 Å². The van der Waals surface area contributed by atoms with E-state index in [4.69, 9.17) is 5.73 Å². The molecule has 1 aromatic rings. The molecule has 26 heavy (non-hydrogen) atoms. The van der Waals surface area contributed by atoms with Gasteiger partial charge < -0.3 is 11.1 Å². The minimum atomic E-state index is -0.379. The van der Waals surface area contributed by atoms with Crippen molar-refractivity contribution in [2.24, 2.45) is 5.41 Å². The Morgan fingerprint density at radius 3 is 2.81 bits per heavy atom. The molecule has 2 unspecified atom stereocenters. The van der Waals surface area contributed by atoms with E-state index in [1.54, 1.807) is 6.20 Å². The number of aryl methyl sites for hydroxylation is 1. The molecule has 0 aromatic carbocycles.